The molecule has 3 aromatic rings. The monoisotopic (exact) mass is 339 g/mol. The number of aryl methyl sites for hydroxylation is 3. The van der Waals surface area contributed by atoms with Crippen LogP contribution in [0.4, 0.5) is 23.1 Å². The Hall–Kier alpha value is -2.66. The lowest BCUT2D eigenvalue weighted by Crippen LogP contribution is -2.03. The van der Waals surface area contributed by atoms with Gasteiger partial charge >= 0.3 is 0 Å². The number of aromatic nitrogens is 3. The Morgan fingerprint density at radius 3 is 2.50 bits per heavy atom. The molecule has 2 N–H and O–H groups in total. The van der Waals surface area contributed by atoms with Crippen LogP contribution in [-0.2, 0) is 0 Å². The van der Waals surface area contributed by atoms with Gasteiger partial charge in [-0.2, -0.15) is 10.1 Å². The van der Waals surface area contributed by atoms with Gasteiger partial charge in [0.1, 0.15) is 0 Å². The quantitative estimate of drug-likeness (QED) is 0.705. The molecular formula is C18H18ClN5. The van der Waals surface area contributed by atoms with Crippen molar-refractivity contribution >= 4 is 34.7 Å². The van der Waals surface area contributed by atoms with Crippen molar-refractivity contribution < 1.29 is 0 Å². The SMILES string of the molecule is Cc1ccc(C)c(Nc2cnnc(Nc3ccc(C)c(Cl)c3)n2)c1. The van der Waals surface area contributed by atoms with E-state index in [1.165, 1.54) is 5.56 Å². The average Bonchev–Trinajstić information content (AvgIpc) is 2.55. The molecule has 0 aliphatic carbocycles. The second-order valence-corrected chi connectivity index (χ2v) is 6.10. The highest BCUT2D eigenvalue weighted by Gasteiger charge is 2.05. The summed E-state index contributed by atoms with van der Waals surface area (Å²) in [7, 11) is 0. The summed E-state index contributed by atoms with van der Waals surface area (Å²) in [5, 5.41) is 15.1. The highest BCUT2D eigenvalue weighted by atomic mass is 35.5. The molecule has 0 amide bonds. The topological polar surface area (TPSA) is 62.7 Å². The zero-order valence-corrected chi connectivity index (χ0v) is 14.5. The molecule has 0 bridgehead atoms. The number of anilines is 4. The van der Waals surface area contributed by atoms with Crippen LogP contribution >= 0.6 is 11.6 Å². The van der Waals surface area contributed by atoms with Crippen molar-refractivity contribution in [3.8, 4) is 0 Å². The smallest absolute Gasteiger partial charge is 0.249 e. The number of halogens is 1. The van der Waals surface area contributed by atoms with Gasteiger partial charge in [-0.3, -0.25) is 0 Å². The molecule has 0 atom stereocenters. The third-order valence-electron chi connectivity index (χ3n) is 3.64. The Kier molecular flexibility index (Phi) is 4.62. The van der Waals surface area contributed by atoms with Crippen molar-refractivity contribution in [3.05, 3.63) is 64.3 Å². The summed E-state index contributed by atoms with van der Waals surface area (Å²) in [5.41, 5.74) is 5.15. The van der Waals surface area contributed by atoms with E-state index in [0.717, 1.165) is 22.5 Å². The van der Waals surface area contributed by atoms with E-state index in [4.69, 9.17) is 11.6 Å². The summed E-state index contributed by atoms with van der Waals surface area (Å²) in [5.74, 6) is 1.03. The van der Waals surface area contributed by atoms with Crippen molar-refractivity contribution in [1.82, 2.24) is 15.2 Å². The Balaban J connectivity index is 1.81. The normalized spacial score (nSPS) is 10.5. The molecule has 1 aromatic heterocycles. The molecule has 0 spiro atoms. The molecule has 122 valence electrons. The summed E-state index contributed by atoms with van der Waals surface area (Å²) in [6.07, 6.45) is 1.59. The van der Waals surface area contributed by atoms with Gasteiger partial charge in [-0.25, -0.2) is 0 Å². The van der Waals surface area contributed by atoms with Crippen molar-refractivity contribution in [1.29, 1.82) is 0 Å². The van der Waals surface area contributed by atoms with Crippen LogP contribution in [0, 0.1) is 20.8 Å². The summed E-state index contributed by atoms with van der Waals surface area (Å²) >= 11 is 6.14. The largest absolute Gasteiger partial charge is 0.339 e. The zero-order chi connectivity index (χ0) is 17.1. The molecule has 1 heterocycles. The predicted octanol–water partition coefficient (Wildman–Crippen LogP) is 4.94. The van der Waals surface area contributed by atoms with Gasteiger partial charge in [-0.05, 0) is 55.7 Å². The van der Waals surface area contributed by atoms with Crippen LogP contribution in [0.25, 0.3) is 0 Å². The summed E-state index contributed by atoms with van der Waals surface area (Å²) in [6.45, 7) is 6.06. The fourth-order valence-corrected chi connectivity index (χ4v) is 2.41. The first-order valence-electron chi connectivity index (χ1n) is 7.58. The lowest BCUT2D eigenvalue weighted by Gasteiger charge is -2.11. The van der Waals surface area contributed by atoms with E-state index in [0.29, 0.717) is 16.8 Å². The predicted molar refractivity (Wildman–Crippen MR) is 98.5 cm³/mol. The Morgan fingerprint density at radius 2 is 1.71 bits per heavy atom. The molecule has 0 fully saturated rings. The fourth-order valence-electron chi connectivity index (χ4n) is 2.22. The molecule has 0 unspecified atom stereocenters. The molecule has 24 heavy (non-hydrogen) atoms. The molecule has 5 nitrogen and oxygen atoms in total. The maximum Gasteiger partial charge on any atom is 0.249 e. The molecule has 0 aliphatic rings. The van der Waals surface area contributed by atoms with E-state index >= 15 is 0 Å². The maximum atomic E-state index is 6.14. The van der Waals surface area contributed by atoms with Gasteiger partial charge in [0.05, 0.1) is 6.20 Å². The van der Waals surface area contributed by atoms with Gasteiger partial charge in [0.2, 0.25) is 5.95 Å². The summed E-state index contributed by atoms with van der Waals surface area (Å²) < 4.78 is 0. The first-order valence-corrected chi connectivity index (χ1v) is 7.96. The molecule has 3 rings (SSSR count). The lowest BCUT2D eigenvalue weighted by atomic mass is 10.1. The Morgan fingerprint density at radius 1 is 0.917 bits per heavy atom. The number of benzene rings is 2. The number of nitrogens with one attached hydrogen (secondary N) is 2. The molecular weight excluding hydrogens is 322 g/mol. The van der Waals surface area contributed by atoms with Crippen LogP contribution < -0.4 is 10.6 Å². The standard InChI is InChI=1S/C18H18ClN5/c1-11-4-5-13(3)16(8-11)22-17-10-20-24-18(23-17)21-14-7-6-12(2)15(19)9-14/h4-10H,1-3H3,(H2,21,22,23,24). The minimum Gasteiger partial charge on any atom is -0.339 e. The average molecular weight is 340 g/mol. The molecule has 0 radical (unpaired) electrons. The van der Waals surface area contributed by atoms with Crippen LogP contribution in [0.1, 0.15) is 16.7 Å². The molecule has 0 saturated heterocycles. The van der Waals surface area contributed by atoms with Gasteiger partial charge in [-0.15, -0.1) is 5.10 Å². The summed E-state index contributed by atoms with van der Waals surface area (Å²) in [6, 6.07) is 11.9. The third kappa shape index (κ3) is 3.81. The van der Waals surface area contributed by atoms with E-state index < -0.39 is 0 Å². The van der Waals surface area contributed by atoms with Gasteiger partial charge in [0.25, 0.3) is 0 Å². The van der Waals surface area contributed by atoms with Gasteiger partial charge in [0, 0.05) is 16.4 Å². The van der Waals surface area contributed by atoms with E-state index in [9.17, 15) is 0 Å². The molecule has 0 saturated carbocycles. The van der Waals surface area contributed by atoms with Crippen molar-refractivity contribution in [2.75, 3.05) is 10.6 Å². The maximum absolute atomic E-state index is 6.14. The van der Waals surface area contributed by atoms with Crippen molar-refractivity contribution in [2.24, 2.45) is 0 Å². The fraction of sp³-hybridized carbons (Fsp3) is 0.167. The van der Waals surface area contributed by atoms with Crippen LogP contribution in [0.2, 0.25) is 5.02 Å². The summed E-state index contributed by atoms with van der Waals surface area (Å²) in [4.78, 5) is 4.45. The highest BCUT2D eigenvalue weighted by molar-refractivity contribution is 6.31. The minimum atomic E-state index is 0.408. The van der Waals surface area contributed by atoms with E-state index in [1.807, 2.05) is 32.0 Å². The number of rotatable bonds is 4. The number of hydrogen-bond acceptors (Lipinski definition) is 5. The molecule has 6 heteroatoms. The van der Waals surface area contributed by atoms with Crippen LogP contribution in [0.5, 0.6) is 0 Å². The van der Waals surface area contributed by atoms with E-state index in [2.05, 4.69) is 50.9 Å². The number of nitrogens with zero attached hydrogens (tertiary/aromatic N) is 3. The van der Waals surface area contributed by atoms with Crippen LogP contribution in [-0.4, -0.2) is 15.2 Å². The van der Waals surface area contributed by atoms with Crippen molar-refractivity contribution in [2.45, 2.75) is 20.8 Å². The Labute approximate surface area is 146 Å². The first-order chi connectivity index (χ1) is 11.5. The Bertz CT molecular complexity index is 879. The van der Waals surface area contributed by atoms with Crippen LogP contribution in [0.3, 0.4) is 0 Å². The minimum absolute atomic E-state index is 0.408. The van der Waals surface area contributed by atoms with Crippen molar-refractivity contribution in [3.63, 3.8) is 0 Å². The molecule has 0 aliphatic heterocycles. The highest BCUT2D eigenvalue weighted by Crippen LogP contribution is 2.23. The third-order valence-corrected chi connectivity index (χ3v) is 4.05. The second kappa shape index (κ2) is 6.84. The van der Waals surface area contributed by atoms with Gasteiger partial charge in [-0.1, -0.05) is 29.8 Å². The molecule has 2 aromatic carbocycles. The van der Waals surface area contributed by atoms with Gasteiger partial charge < -0.3 is 10.6 Å². The van der Waals surface area contributed by atoms with E-state index in [1.54, 1.807) is 6.20 Å². The van der Waals surface area contributed by atoms with Gasteiger partial charge in [0.15, 0.2) is 5.82 Å². The van der Waals surface area contributed by atoms with E-state index in [-0.39, 0.29) is 0 Å². The van der Waals surface area contributed by atoms with Crippen LogP contribution in [0.15, 0.2) is 42.6 Å². The second-order valence-electron chi connectivity index (χ2n) is 5.70. The lowest BCUT2D eigenvalue weighted by molar-refractivity contribution is 0.982. The zero-order valence-electron chi connectivity index (χ0n) is 13.8. The first kappa shape index (κ1) is 16.2. The number of hydrogen-bond donors (Lipinski definition) is 2.